The van der Waals surface area contributed by atoms with Crippen molar-refractivity contribution in [1.29, 1.82) is 0 Å². The predicted molar refractivity (Wildman–Crippen MR) is 68.1 cm³/mol. The molecule has 1 rings (SSSR count). The zero-order valence-electron chi connectivity index (χ0n) is 10.8. The maximum Gasteiger partial charge on any atom is 0.227 e. The largest absolute Gasteiger partial charge is 0.382 e. The highest BCUT2D eigenvalue weighted by Gasteiger charge is 2.11. The zero-order valence-corrected chi connectivity index (χ0v) is 10.8. The van der Waals surface area contributed by atoms with Crippen LogP contribution in [0.2, 0.25) is 0 Å². The number of nitrogens with zero attached hydrogens (tertiary/aromatic N) is 2. The Labute approximate surface area is 103 Å². The number of carbonyl (C=O) groups is 1. The Kier molecular flexibility index (Phi) is 5.63. The minimum absolute atomic E-state index is 0.0720. The molecule has 0 fully saturated rings. The van der Waals surface area contributed by atoms with Gasteiger partial charge in [0.1, 0.15) is 5.82 Å². The lowest BCUT2D eigenvalue weighted by Gasteiger charge is -2.16. The van der Waals surface area contributed by atoms with Crippen LogP contribution in [0.3, 0.4) is 0 Å². The van der Waals surface area contributed by atoms with Crippen molar-refractivity contribution >= 4 is 11.7 Å². The van der Waals surface area contributed by atoms with Gasteiger partial charge >= 0.3 is 0 Å². The monoisotopic (exact) mass is 236 g/mol. The summed E-state index contributed by atoms with van der Waals surface area (Å²) in [5, 5.41) is 0. The van der Waals surface area contributed by atoms with Gasteiger partial charge in [-0.15, -0.1) is 0 Å². The second kappa shape index (κ2) is 7.01. The molecular formula is C13H20N2O2. The van der Waals surface area contributed by atoms with E-state index >= 15 is 0 Å². The predicted octanol–water partition coefficient (Wildman–Crippen LogP) is 2.17. The standard InChI is InChI=1S/C13H20N2O2/c1-4-17-10-6-9-13(16)15(3)12-8-5-7-11(2)14-12/h5,7-8H,4,6,9-10H2,1-3H3. The summed E-state index contributed by atoms with van der Waals surface area (Å²) in [5.74, 6) is 0.772. The molecule has 1 aromatic heterocycles. The van der Waals surface area contributed by atoms with Crippen LogP contribution in [0.5, 0.6) is 0 Å². The number of aromatic nitrogens is 1. The average molecular weight is 236 g/mol. The second-order valence-corrected chi connectivity index (χ2v) is 3.89. The second-order valence-electron chi connectivity index (χ2n) is 3.89. The number of rotatable bonds is 6. The van der Waals surface area contributed by atoms with Crippen LogP contribution in [0.15, 0.2) is 18.2 Å². The molecule has 0 aliphatic rings. The van der Waals surface area contributed by atoms with Crippen molar-refractivity contribution < 1.29 is 9.53 Å². The molecule has 1 aromatic rings. The molecule has 1 heterocycles. The maximum absolute atomic E-state index is 11.8. The fourth-order valence-corrected chi connectivity index (χ4v) is 1.48. The number of carbonyl (C=O) groups excluding carboxylic acids is 1. The molecule has 17 heavy (non-hydrogen) atoms. The molecular weight excluding hydrogens is 216 g/mol. The van der Waals surface area contributed by atoms with Crippen LogP contribution in [0.1, 0.15) is 25.5 Å². The third-order valence-corrected chi connectivity index (χ3v) is 2.47. The van der Waals surface area contributed by atoms with Gasteiger partial charge in [-0.2, -0.15) is 0 Å². The summed E-state index contributed by atoms with van der Waals surface area (Å²) < 4.78 is 5.20. The molecule has 0 N–H and O–H groups in total. The van der Waals surface area contributed by atoms with E-state index in [1.54, 1.807) is 11.9 Å². The van der Waals surface area contributed by atoms with Crippen LogP contribution < -0.4 is 4.90 Å². The van der Waals surface area contributed by atoms with Gasteiger partial charge in [0.25, 0.3) is 0 Å². The Hall–Kier alpha value is -1.42. The van der Waals surface area contributed by atoms with E-state index in [0.717, 1.165) is 12.1 Å². The van der Waals surface area contributed by atoms with Crippen LogP contribution in [0, 0.1) is 6.92 Å². The Bertz CT molecular complexity index is 366. The first kappa shape index (κ1) is 13.6. The topological polar surface area (TPSA) is 42.4 Å². The van der Waals surface area contributed by atoms with Crippen molar-refractivity contribution in [2.24, 2.45) is 0 Å². The summed E-state index contributed by atoms with van der Waals surface area (Å²) in [4.78, 5) is 17.8. The zero-order chi connectivity index (χ0) is 12.7. The Balaban J connectivity index is 2.46. The third-order valence-electron chi connectivity index (χ3n) is 2.47. The van der Waals surface area contributed by atoms with Crippen molar-refractivity contribution in [3.63, 3.8) is 0 Å². The third kappa shape index (κ3) is 4.53. The molecule has 0 spiro atoms. The van der Waals surface area contributed by atoms with Crippen molar-refractivity contribution in [2.75, 3.05) is 25.2 Å². The molecule has 4 nitrogen and oxygen atoms in total. The fourth-order valence-electron chi connectivity index (χ4n) is 1.48. The minimum atomic E-state index is 0.0720. The van der Waals surface area contributed by atoms with Gasteiger partial charge in [-0.3, -0.25) is 9.69 Å². The van der Waals surface area contributed by atoms with Gasteiger partial charge in [0.2, 0.25) is 5.91 Å². The number of ether oxygens (including phenoxy) is 1. The molecule has 0 saturated carbocycles. The molecule has 0 bridgehead atoms. The molecule has 0 aromatic carbocycles. The van der Waals surface area contributed by atoms with Crippen molar-refractivity contribution in [2.45, 2.75) is 26.7 Å². The number of hydrogen-bond acceptors (Lipinski definition) is 3. The lowest BCUT2D eigenvalue weighted by molar-refractivity contribution is -0.118. The normalized spacial score (nSPS) is 10.3. The summed E-state index contributed by atoms with van der Waals surface area (Å²) in [6.45, 7) is 5.20. The van der Waals surface area contributed by atoms with Gasteiger partial charge in [0.15, 0.2) is 0 Å². The van der Waals surface area contributed by atoms with Crippen molar-refractivity contribution in [3.05, 3.63) is 23.9 Å². The summed E-state index contributed by atoms with van der Waals surface area (Å²) in [7, 11) is 1.75. The van der Waals surface area contributed by atoms with E-state index in [-0.39, 0.29) is 5.91 Å². The quantitative estimate of drug-likeness (QED) is 0.711. The molecule has 0 radical (unpaired) electrons. The minimum Gasteiger partial charge on any atom is -0.382 e. The maximum atomic E-state index is 11.8. The van der Waals surface area contributed by atoms with Crippen molar-refractivity contribution in [1.82, 2.24) is 4.98 Å². The number of hydrogen-bond donors (Lipinski definition) is 0. The highest BCUT2D eigenvalue weighted by Crippen LogP contribution is 2.11. The number of amides is 1. The highest BCUT2D eigenvalue weighted by atomic mass is 16.5. The van der Waals surface area contributed by atoms with E-state index in [1.165, 1.54) is 0 Å². The molecule has 94 valence electrons. The molecule has 0 atom stereocenters. The van der Waals surface area contributed by atoms with E-state index in [1.807, 2.05) is 32.0 Å². The number of pyridine rings is 1. The molecule has 1 amide bonds. The number of aryl methyl sites for hydroxylation is 1. The smallest absolute Gasteiger partial charge is 0.227 e. The van der Waals surface area contributed by atoms with Crippen LogP contribution in [0.4, 0.5) is 5.82 Å². The van der Waals surface area contributed by atoms with Gasteiger partial charge in [-0.05, 0) is 32.4 Å². The summed E-state index contributed by atoms with van der Waals surface area (Å²) >= 11 is 0. The van der Waals surface area contributed by atoms with Gasteiger partial charge in [-0.1, -0.05) is 6.07 Å². The SMILES string of the molecule is CCOCCCC(=O)N(C)c1cccc(C)n1. The van der Waals surface area contributed by atoms with E-state index in [2.05, 4.69) is 4.98 Å². The van der Waals surface area contributed by atoms with Gasteiger partial charge < -0.3 is 4.74 Å². The van der Waals surface area contributed by atoms with Crippen molar-refractivity contribution in [3.8, 4) is 0 Å². The Morgan fingerprint density at radius 2 is 2.24 bits per heavy atom. The molecule has 4 heteroatoms. The lowest BCUT2D eigenvalue weighted by atomic mass is 10.3. The van der Waals surface area contributed by atoms with E-state index < -0.39 is 0 Å². The summed E-state index contributed by atoms with van der Waals surface area (Å²) in [5.41, 5.74) is 0.913. The molecule has 0 unspecified atom stereocenters. The molecule has 0 aliphatic heterocycles. The number of anilines is 1. The van der Waals surface area contributed by atoms with Gasteiger partial charge in [0.05, 0.1) is 0 Å². The van der Waals surface area contributed by atoms with E-state index in [4.69, 9.17) is 4.74 Å². The first-order valence-electron chi connectivity index (χ1n) is 5.93. The first-order chi connectivity index (χ1) is 8.15. The van der Waals surface area contributed by atoms with Gasteiger partial charge in [0, 0.05) is 32.4 Å². The van der Waals surface area contributed by atoms with Crippen LogP contribution in [-0.4, -0.2) is 31.2 Å². The Morgan fingerprint density at radius 3 is 2.88 bits per heavy atom. The molecule has 0 aliphatic carbocycles. The van der Waals surface area contributed by atoms with E-state index in [9.17, 15) is 4.79 Å². The van der Waals surface area contributed by atoms with E-state index in [0.29, 0.717) is 25.5 Å². The fraction of sp³-hybridized carbons (Fsp3) is 0.538. The summed E-state index contributed by atoms with van der Waals surface area (Å²) in [6.07, 6.45) is 1.24. The average Bonchev–Trinajstić information content (AvgIpc) is 2.33. The highest BCUT2D eigenvalue weighted by molar-refractivity contribution is 5.91. The van der Waals surface area contributed by atoms with Crippen LogP contribution >= 0.6 is 0 Å². The first-order valence-corrected chi connectivity index (χ1v) is 5.93. The summed E-state index contributed by atoms with van der Waals surface area (Å²) in [6, 6.07) is 5.66. The van der Waals surface area contributed by atoms with Crippen LogP contribution in [-0.2, 0) is 9.53 Å². The molecule has 0 saturated heterocycles. The van der Waals surface area contributed by atoms with Crippen LogP contribution in [0.25, 0.3) is 0 Å². The lowest BCUT2D eigenvalue weighted by Crippen LogP contribution is -2.27. The van der Waals surface area contributed by atoms with Gasteiger partial charge in [-0.25, -0.2) is 4.98 Å². The Morgan fingerprint density at radius 1 is 1.47 bits per heavy atom.